The Labute approximate surface area is 83.1 Å². The topological polar surface area (TPSA) is 89.8 Å². The molecule has 0 aliphatic heterocycles. The lowest BCUT2D eigenvalue weighted by atomic mass is 10.1. The summed E-state index contributed by atoms with van der Waals surface area (Å²) in [7, 11) is 0. The molecule has 0 aliphatic rings. The standard InChI is InChI=1S/C9H17NO4/c1-7(8(12)13)3-4-10-5-9(2,14)6-11/h3,10-11,14H,4-6H2,1-2H3,(H,12,13). The molecule has 0 saturated carbocycles. The quantitative estimate of drug-likeness (QED) is 0.340. The molecule has 1 atom stereocenters. The van der Waals surface area contributed by atoms with Gasteiger partial charge in [0.05, 0.1) is 12.2 Å². The van der Waals surface area contributed by atoms with Gasteiger partial charge in [0.15, 0.2) is 0 Å². The van der Waals surface area contributed by atoms with Crippen LogP contribution < -0.4 is 5.32 Å². The predicted molar refractivity (Wildman–Crippen MR) is 52.0 cm³/mol. The van der Waals surface area contributed by atoms with E-state index in [1.807, 2.05) is 0 Å². The highest BCUT2D eigenvalue weighted by Gasteiger charge is 2.17. The van der Waals surface area contributed by atoms with Crippen molar-refractivity contribution in [1.82, 2.24) is 5.32 Å². The molecule has 1 unspecified atom stereocenters. The summed E-state index contributed by atoms with van der Waals surface area (Å²) in [5.41, 5.74) is -0.911. The molecule has 0 amide bonds. The predicted octanol–water partition coefficient (Wildman–Crippen LogP) is -0.650. The number of carboxylic acid groups (broad SMARTS) is 1. The minimum absolute atomic E-state index is 0.215. The van der Waals surface area contributed by atoms with Crippen molar-refractivity contribution in [2.75, 3.05) is 19.7 Å². The molecule has 0 fully saturated rings. The minimum atomic E-state index is -1.16. The van der Waals surface area contributed by atoms with Crippen LogP contribution in [-0.2, 0) is 4.79 Å². The largest absolute Gasteiger partial charge is 0.478 e. The average molecular weight is 203 g/mol. The highest BCUT2D eigenvalue weighted by Crippen LogP contribution is 1.98. The van der Waals surface area contributed by atoms with Crippen molar-refractivity contribution in [3.8, 4) is 0 Å². The molecule has 4 N–H and O–H groups in total. The van der Waals surface area contributed by atoms with E-state index < -0.39 is 11.6 Å². The monoisotopic (exact) mass is 203 g/mol. The number of aliphatic hydroxyl groups excluding tert-OH is 1. The number of hydrogen-bond donors (Lipinski definition) is 4. The van der Waals surface area contributed by atoms with Crippen LogP contribution in [0.25, 0.3) is 0 Å². The fourth-order valence-corrected chi connectivity index (χ4v) is 0.710. The number of hydrogen-bond acceptors (Lipinski definition) is 4. The molecule has 0 aromatic rings. The molecule has 0 saturated heterocycles. The molecule has 0 aromatic carbocycles. The zero-order valence-electron chi connectivity index (χ0n) is 8.45. The first kappa shape index (κ1) is 13.1. The van der Waals surface area contributed by atoms with Gasteiger partial charge in [0.25, 0.3) is 0 Å². The summed E-state index contributed by atoms with van der Waals surface area (Å²) in [6.07, 6.45) is 1.51. The highest BCUT2D eigenvalue weighted by atomic mass is 16.4. The molecule has 0 spiro atoms. The number of rotatable bonds is 6. The van der Waals surface area contributed by atoms with Crippen molar-refractivity contribution in [3.05, 3.63) is 11.6 Å². The van der Waals surface area contributed by atoms with Crippen LogP contribution in [0.2, 0.25) is 0 Å². The van der Waals surface area contributed by atoms with E-state index in [0.717, 1.165) is 0 Å². The van der Waals surface area contributed by atoms with E-state index in [4.69, 9.17) is 10.2 Å². The Bertz CT molecular complexity index is 223. The maximum Gasteiger partial charge on any atom is 0.330 e. The van der Waals surface area contributed by atoms with E-state index >= 15 is 0 Å². The third-order valence-electron chi connectivity index (χ3n) is 1.74. The first-order valence-corrected chi connectivity index (χ1v) is 4.33. The first-order valence-electron chi connectivity index (χ1n) is 4.33. The molecule has 0 rings (SSSR count). The molecule has 14 heavy (non-hydrogen) atoms. The molecule has 5 nitrogen and oxygen atoms in total. The second kappa shape index (κ2) is 5.74. The number of aliphatic hydroxyl groups is 2. The maximum atomic E-state index is 10.4. The minimum Gasteiger partial charge on any atom is -0.478 e. The van der Waals surface area contributed by atoms with Gasteiger partial charge in [-0.25, -0.2) is 4.79 Å². The fourth-order valence-electron chi connectivity index (χ4n) is 0.710. The van der Waals surface area contributed by atoms with Crippen LogP contribution in [0.4, 0.5) is 0 Å². The number of carboxylic acids is 1. The lowest BCUT2D eigenvalue weighted by Crippen LogP contribution is -2.41. The number of aliphatic carboxylic acids is 1. The molecular weight excluding hydrogens is 186 g/mol. The maximum absolute atomic E-state index is 10.4. The summed E-state index contributed by atoms with van der Waals surface area (Å²) in [6.45, 7) is 3.23. The van der Waals surface area contributed by atoms with Crippen LogP contribution in [-0.4, -0.2) is 46.6 Å². The van der Waals surface area contributed by atoms with Crippen LogP contribution in [0.15, 0.2) is 11.6 Å². The highest BCUT2D eigenvalue weighted by molar-refractivity contribution is 5.85. The van der Waals surface area contributed by atoms with Crippen molar-refractivity contribution in [2.24, 2.45) is 0 Å². The zero-order valence-corrected chi connectivity index (χ0v) is 8.45. The zero-order chi connectivity index (χ0) is 11.2. The Kier molecular flexibility index (Phi) is 5.37. The van der Waals surface area contributed by atoms with Crippen LogP contribution in [0.3, 0.4) is 0 Å². The van der Waals surface area contributed by atoms with Crippen molar-refractivity contribution < 1.29 is 20.1 Å². The Morgan fingerprint density at radius 2 is 2.14 bits per heavy atom. The smallest absolute Gasteiger partial charge is 0.330 e. The van der Waals surface area contributed by atoms with Crippen LogP contribution in [0, 0.1) is 0 Å². The second-order valence-corrected chi connectivity index (χ2v) is 3.48. The van der Waals surface area contributed by atoms with Crippen molar-refractivity contribution in [2.45, 2.75) is 19.4 Å². The number of carbonyl (C=O) groups is 1. The van der Waals surface area contributed by atoms with Gasteiger partial charge in [-0.15, -0.1) is 0 Å². The number of nitrogens with one attached hydrogen (secondary N) is 1. The molecule has 0 aromatic heterocycles. The third-order valence-corrected chi connectivity index (χ3v) is 1.74. The first-order chi connectivity index (χ1) is 6.39. The molecule has 0 heterocycles. The summed E-state index contributed by atoms with van der Waals surface area (Å²) in [4.78, 5) is 10.4. The van der Waals surface area contributed by atoms with Gasteiger partial charge in [0.1, 0.15) is 0 Å². The molecule has 0 bridgehead atoms. The van der Waals surface area contributed by atoms with E-state index in [9.17, 15) is 9.90 Å². The summed E-state index contributed by atoms with van der Waals surface area (Å²) in [5.74, 6) is -0.958. The van der Waals surface area contributed by atoms with Gasteiger partial charge in [-0.05, 0) is 13.8 Å². The van der Waals surface area contributed by atoms with E-state index in [2.05, 4.69) is 5.32 Å². The van der Waals surface area contributed by atoms with Gasteiger partial charge in [0, 0.05) is 18.7 Å². The second-order valence-electron chi connectivity index (χ2n) is 3.48. The molecule has 82 valence electrons. The molecule has 0 radical (unpaired) electrons. The molecular formula is C9H17NO4. The van der Waals surface area contributed by atoms with Crippen molar-refractivity contribution in [1.29, 1.82) is 0 Å². The Morgan fingerprint density at radius 3 is 2.57 bits per heavy atom. The normalized spacial score (nSPS) is 16.4. The van der Waals surface area contributed by atoms with Crippen molar-refractivity contribution >= 4 is 5.97 Å². The van der Waals surface area contributed by atoms with Gasteiger partial charge in [-0.3, -0.25) is 0 Å². The SMILES string of the molecule is CC(=CCNCC(C)(O)CO)C(=O)O. The van der Waals surface area contributed by atoms with Crippen LogP contribution >= 0.6 is 0 Å². The van der Waals surface area contributed by atoms with Gasteiger partial charge in [0.2, 0.25) is 0 Å². The van der Waals surface area contributed by atoms with Crippen molar-refractivity contribution in [3.63, 3.8) is 0 Å². The molecule has 5 heteroatoms. The summed E-state index contributed by atoms with van der Waals surface area (Å²) in [5, 5.41) is 29.4. The van der Waals surface area contributed by atoms with E-state index in [1.165, 1.54) is 19.9 Å². The van der Waals surface area contributed by atoms with Gasteiger partial charge >= 0.3 is 5.97 Å². The van der Waals surface area contributed by atoms with Crippen LogP contribution in [0.5, 0.6) is 0 Å². The summed E-state index contributed by atoms with van der Waals surface area (Å²) in [6, 6.07) is 0. The molecule has 0 aliphatic carbocycles. The fraction of sp³-hybridized carbons (Fsp3) is 0.667. The van der Waals surface area contributed by atoms with Gasteiger partial charge in [-0.2, -0.15) is 0 Å². The van der Waals surface area contributed by atoms with Crippen LogP contribution in [0.1, 0.15) is 13.8 Å². The summed E-state index contributed by atoms with van der Waals surface area (Å²) >= 11 is 0. The average Bonchev–Trinajstić information content (AvgIpc) is 2.12. The Morgan fingerprint density at radius 1 is 1.57 bits per heavy atom. The van der Waals surface area contributed by atoms with E-state index in [-0.39, 0.29) is 18.7 Å². The summed E-state index contributed by atoms with van der Waals surface area (Å²) < 4.78 is 0. The Hall–Kier alpha value is -0.910. The Balaban J connectivity index is 3.76. The van der Waals surface area contributed by atoms with Gasteiger partial charge in [-0.1, -0.05) is 6.08 Å². The van der Waals surface area contributed by atoms with E-state index in [0.29, 0.717) is 6.54 Å². The third kappa shape index (κ3) is 5.69. The van der Waals surface area contributed by atoms with E-state index in [1.54, 1.807) is 0 Å². The lowest BCUT2D eigenvalue weighted by Gasteiger charge is -2.20. The van der Waals surface area contributed by atoms with Gasteiger partial charge < -0.3 is 20.6 Å². The lowest BCUT2D eigenvalue weighted by molar-refractivity contribution is -0.132.